The molecule has 5 heterocycles. The minimum atomic E-state index is -0.760. The van der Waals surface area contributed by atoms with E-state index in [1.807, 2.05) is 84.0 Å². The monoisotopic (exact) mass is 518 g/mol. The first-order valence-corrected chi connectivity index (χ1v) is 13.2. The van der Waals surface area contributed by atoms with Gasteiger partial charge in [0, 0.05) is 0 Å². The van der Waals surface area contributed by atoms with E-state index >= 15 is 0 Å². The zero-order valence-electron chi connectivity index (χ0n) is 22.3. The Kier molecular flexibility index (Phi) is 6.54. The largest absolute Gasteiger partial charge is 0.374 e. The summed E-state index contributed by atoms with van der Waals surface area (Å²) in [6, 6.07) is 10.1. The van der Waals surface area contributed by atoms with Gasteiger partial charge >= 0.3 is 0 Å². The Morgan fingerprint density at radius 2 is 1.19 bits per heavy atom. The lowest BCUT2D eigenvalue weighted by Crippen LogP contribution is -2.54. The van der Waals surface area contributed by atoms with Gasteiger partial charge in [0.15, 0.2) is 23.7 Å². The van der Waals surface area contributed by atoms with Crippen LogP contribution in [-0.2, 0) is 49.2 Å². The van der Waals surface area contributed by atoms with Crippen LogP contribution in [0.25, 0.3) is 0 Å². The molecule has 5 saturated heterocycles. The van der Waals surface area contributed by atoms with Gasteiger partial charge in [-0.25, -0.2) is 0 Å². The SMILES string of the molecule is CC1(C)O[C@H]2[C@@H](O1)[C@@H](/C=C\[C@H]1O[C@H](COCc3ccccc3)[C@H]3OC(C)(C)O[C@H]31)O[C@@H]1OC(C)(C)O[C@@H]12. The van der Waals surface area contributed by atoms with Crippen molar-refractivity contribution in [3.8, 4) is 0 Å². The van der Waals surface area contributed by atoms with Crippen LogP contribution in [0.3, 0.4) is 0 Å². The molecular weight excluding hydrogens is 480 g/mol. The van der Waals surface area contributed by atoms with Crippen LogP contribution in [0, 0.1) is 0 Å². The highest BCUT2D eigenvalue weighted by Crippen LogP contribution is 2.45. The highest BCUT2D eigenvalue weighted by molar-refractivity contribution is 5.14. The molecular formula is C28H38O9. The molecule has 0 aromatic heterocycles. The topological polar surface area (TPSA) is 83.1 Å². The third kappa shape index (κ3) is 5.26. The molecule has 6 rings (SSSR count). The zero-order valence-corrected chi connectivity index (χ0v) is 22.3. The van der Waals surface area contributed by atoms with Crippen LogP contribution in [-0.4, -0.2) is 79.1 Å². The van der Waals surface area contributed by atoms with E-state index in [9.17, 15) is 0 Å². The summed E-state index contributed by atoms with van der Waals surface area (Å²) in [5.74, 6) is -2.21. The molecule has 0 unspecified atom stereocenters. The average Bonchev–Trinajstić information content (AvgIpc) is 3.50. The van der Waals surface area contributed by atoms with Gasteiger partial charge in [-0.2, -0.15) is 0 Å². The first-order chi connectivity index (χ1) is 17.5. The summed E-state index contributed by atoms with van der Waals surface area (Å²) in [6.45, 7) is 12.3. The minimum absolute atomic E-state index is 0.234. The molecule has 1 aromatic rings. The van der Waals surface area contributed by atoms with Gasteiger partial charge in [-0.3, -0.25) is 0 Å². The van der Waals surface area contributed by atoms with Gasteiger partial charge in [0.1, 0.15) is 48.8 Å². The summed E-state index contributed by atoms with van der Waals surface area (Å²) in [4.78, 5) is 0. The Morgan fingerprint density at radius 3 is 1.89 bits per heavy atom. The van der Waals surface area contributed by atoms with Gasteiger partial charge in [-0.1, -0.05) is 42.5 Å². The molecule has 37 heavy (non-hydrogen) atoms. The van der Waals surface area contributed by atoms with Gasteiger partial charge < -0.3 is 42.6 Å². The van der Waals surface area contributed by atoms with Crippen molar-refractivity contribution in [1.82, 2.24) is 0 Å². The fraction of sp³-hybridized carbons (Fsp3) is 0.714. The van der Waals surface area contributed by atoms with Crippen molar-refractivity contribution in [2.24, 2.45) is 0 Å². The van der Waals surface area contributed by atoms with Gasteiger partial charge in [-0.15, -0.1) is 0 Å². The van der Waals surface area contributed by atoms with Crippen molar-refractivity contribution in [3.05, 3.63) is 48.0 Å². The van der Waals surface area contributed by atoms with E-state index in [-0.39, 0.29) is 42.7 Å². The Morgan fingerprint density at radius 1 is 0.649 bits per heavy atom. The molecule has 204 valence electrons. The number of rotatable bonds is 6. The first kappa shape index (κ1) is 25.9. The third-order valence-electron chi connectivity index (χ3n) is 7.26. The van der Waals surface area contributed by atoms with Gasteiger partial charge in [0.05, 0.1) is 13.2 Å². The second kappa shape index (κ2) is 9.36. The second-order valence-electron chi connectivity index (χ2n) is 11.7. The molecule has 9 heteroatoms. The molecule has 0 spiro atoms. The maximum Gasteiger partial charge on any atom is 0.190 e. The Hall–Kier alpha value is -1.40. The van der Waals surface area contributed by atoms with Crippen LogP contribution in [0.2, 0.25) is 0 Å². The molecule has 5 aliphatic rings. The van der Waals surface area contributed by atoms with Crippen LogP contribution < -0.4 is 0 Å². The predicted molar refractivity (Wildman–Crippen MR) is 130 cm³/mol. The normalized spacial score (nSPS) is 43.1. The number of benzene rings is 1. The maximum atomic E-state index is 6.38. The highest BCUT2D eigenvalue weighted by atomic mass is 16.9. The minimum Gasteiger partial charge on any atom is -0.374 e. The lowest BCUT2D eigenvalue weighted by Gasteiger charge is -2.36. The van der Waals surface area contributed by atoms with E-state index < -0.39 is 29.8 Å². The standard InChI is InChI=1S/C28H38O9/c1-26(2)32-20-17(30-19(22(20)34-26)15-29-14-16-10-8-7-9-11-16)12-13-18-21-23(35-27(3,4)33-21)24-25(31-18)37-28(5,6)36-24/h7-13,17-25H,14-15H2,1-6H3/b13-12-/t17-,18-,19-,20+,21+,22-,23+,24-,25-/m1/s1. The van der Waals surface area contributed by atoms with Crippen molar-refractivity contribution in [2.45, 2.75) is 121 Å². The smallest absolute Gasteiger partial charge is 0.190 e. The Labute approximate surface area is 218 Å². The van der Waals surface area contributed by atoms with Crippen molar-refractivity contribution in [2.75, 3.05) is 6.61 Å². The molecule has 0 radical (unpaired) electrons. The summed E-state index contributed by atoms with van der Waals surface area (Å²) in [7, 11) is 0. The quantitative estimate of drug-likeness (QED) is 0.526. The number of hydrogen-bond donors (Lipinski definition) is 0. The van der Waals surface area contributed by atoms with E-state index in [1.54, 1.807) is 0 Å². The fourth-order valence-electron chi connectivity index (χ4n) is 5.89. The van der Waals surface area contributed by atoms with Crippen LogP contribution in [0.5, 0.6) is 0 Å². The Bertz CT molecular complexity index is 993. The molecule has 9 nitrogen and oxygen atoms in total. The molecule has 9 atom stereocenters. The molecule has 5 aliphatic heterocycles. The van der Waals surface area contributed by atoms with Crippen LogP contribution in [0.15, 0.2) is 42.5 Å². The molecule has 0 saturated carbocycles. The van der Waals surface area contributed by atoms with E-state index in [1.165, 1.54) is 0 Å². The summed E-state index contributed by atoms with van der Waals surface area (Å²) < 4.78 is 55.7. The molecule has 0 amide bonds. The molecule has 1 aromatic carbocycles. The van der Waals surface area contributed by atoms with E-state index in [0.29, 0.717) is 13.2 Å². The zero-order chi connectivity index (χ0) is 26.0. The molecule has 0 bridgehead atoms. The van der Waals surface area contributed by atoms with Crippen molar-refractivity contribution in [3.63, 3.8) is 0 Å². The molecule has 0 N–H and O–H groups in total. The summed E-state index contributed by atoms with van der Waals surface area (Å²) in [5, 5.41) is 0. The van der Waals surface area contributed by atoms with Crippen molar-refractivity contribution < 1.29 is 42.6 Å². The van der Waals surface area contributed by atoms with Crippen molar-refractivity contribution >= 4 is 0 Å². The number of hydrogen-bond acceptors (Lipinski definition) is 9. The Balaban J connectivity index is 1.15. The van der Waals surface area contributed by atoms with E-state index in [2.05, 4.69) is 0 Å². The van der Waals surface area contributed by atoms with E-state index in [0.717, 1.165) is 5.56 Å². The first-order valence-electron chi connectivity index (χ1n) is 13.2. The third-order valence-corrected chi connectivity index (χ3v) is 7.26. The fourth-order valence-corrected chi connectivity index (χ4v) is 5.89. The highest BCUT2D eigenvalue weighted by Gasteiger charge is 2.60. The van der Waals surface area contributed by atoms with Crippen LogP contribution in [0.1, 0.15) is 47.1 Å². The predicted octanol–water partition coefficient (Wildman–Crippen LogP) is 3.44. The van der Waals surface area contributed by atoms with Gasteiger partial charge in [0.2, 0.25) is 0 Å². The van der Waals surface area contributed by atoms with Gasteiger partial charge in [-0.05, 0) is 47.1 Å². The summed E-state index contributed by atoms with van der Waals surface area (Å²) in [6.07, 6.45) is 0.896. The number of fused-ring (bicyclic) bond motifs is 4. The van der Waals surface area contributed by atoms with Gasteiger partial charge in [0.25, 0.3) is 0 Å². The lowest BCUT2D eigenvalue weighted by molar-refractivity contribution is -0.222. The van der Waals surface area contributed by atoms with Crippen molar-refractivity contribution in [1.29, 1.82) is 0 Å². The summed E-state index contributed by atoms with van der Waals surface area (Å²) >= 11 is 0. The lowest BCUT2D eigenvalue weighted by atomic mass is 9.98. The summed E-state index contributed by atoms with van der Waals surface area (Å²) in [5.41, 5.74) is 1.11. The number of ether oxygens (including phenoxy) is 9. The van der Waals surface area contributed by atoms with E-state index in [4.69, 9.17) is 42.6 Å². The molecule has 5 fully saturated rings. The van der Waals surface area contributed by atoms with Crippen LogP contribution in [0.4, 0.5) is 0 Å². The maximum absolute atomic E-state index is 6.38. The average molecular weight is 519 g/mol. The molecule has 0 aliphatic carbocycles. The van der Waals surface area contributed by atoms with Crippen LogP contribution >= 0.6 is 0 Å². The second-order valence-corrected chi connectivity index (χ2v) is 11.7.